The maximum Gasteiger partial charge on any atom is 0.326 e. The van der Waals surface area contributed by atoms with Crippen molar-refractivity contribution in [3.63, 3.8) is 0 Å². The van der Waals surface area contributed by atoms with E-state index in [0.29, 0.717) is 28.1 Å². The van der Waals surface area contributed by atoms with Gasteiger partial charge in [-0.15, -0.1) is 10.2 Å². The number of halogens is 1. The van der Waals surface area contributed by atoms with Gasteiger partial charge in [-0.1, -0.05) is 41.1 Å². The fourth-order valence-electron chi connectivity index (χ4n) is 2.33. The van der Waals surface area contributed by atoms with E-state index in [4.69, 9.17) is 11.6 Å². The highest BCUT2D eigenvalue weighted by molar-refractivity contribution is 7.18. The largest absolute Gasteiger partial charge is 0.480 e. The second-order valence-electron chi connectivity index (χ2n) is 4.56. The molecule has 0 amide bonds. The molecule has 0 bridgehead atoms. The van der Waals surface area contributed by atoms with Gasteiger partial charge < -0.3 is 10.0 Å². The van der Waals surface area contributed by atoms with Gasteiger partial charge in [-0.3, -0.25) is 0 Å². The molecule has 1 fully saturated rings. The predicted octanol–water partition coefficient (Wildman–Crippen LogP) is 2.91. The Kier molecular flexibility index (Phi) is 3.58. The van der Waals surface area contributed by atoms with Crippen LogP contribution >= 0.6 is 22.9 Å². The van der Waals surface area contributed by atoms with E-state index < -0.39 is 12.0 Å². The van der Waals surface area contributed by atoms with Crippen molar-refractivity contribution in [1.29, 1.82) is 0 Å². The summed E-state index contributed by atoms with van der Waals surface area (Å²) in [7, 11) is 0. The van der Waals surface area contributed by atoms with Crippen LogP contribution in [0.5, 0.6) is 0 Å². The van der Waals surface area contributed by atoms with Gasteiger partial charge in [0.1, 0.15) is 6.04 Å². The van der Waals surface area contributed by atoms with Crippen molar-refractivity contribution < 1.29 is 9.90 Å². The number of carbonyl (C=O) groups is 1. The third-order valence-corrected chi connectivity index (χ3v) is 4.63. The Morgan fingerprint density at radius 3 is 2.95 bits per heavy atom. The fourth-order valence-corrected chi connectivity index (χ4v) is 3.57. The SMILES string of the molecule is O=C(O)[C@@H]1CCCN1c1nnc(-c2ccccc2Cl)s1. The molecular formula is C13H12ClN3O2S. The number of carboxylic acid groups (broad SMARTS) is 1. The monoisotopic (exact) mass is 309 g/mol. The van der Waals surface area contributed by atoms with Crippen LogP contribution in [0, 0.1) is 0 Å². The quantitative estimate of drug-likeness (QED) is 0.944. The molecule has 1 saturated heterocycles. The Labute approximate surface area is 124 Å². The molecule has 5 nitrogen and oxygen atoms in total. The Balaban J connectivity index is 1.91. The molecular weight excluding hydrogens is 298 g/mol. The number of hydrogen-bond donors (Lipinski definition) is 1. The van der Waals surface area contributed by atoms with Crippen LogP contribution in [-0.2, 0) is 4.79 Å². The van der Waals surface area contributed by atoms with Crippen molar-refractivity contribution in [2.45, 2.75) is 18.9 Å². The number of anilines is 1. The third-order valence-electron chi connectivity index (χ3n) is 3.30. The number of aromatic nitrogens is 2. The zero-order chi connectivity index (χ0) is 14.1. The van der Waals surface area contributed by atoms with E-state index in [-0.39, 0.29) is 0 Å². The maximum atomic E-state index is 11.2. The zero-order valence-corrected chi connectivity index (χ0v) is 12.1. The molecule has 20 heavy (non-hydrogen) atoms. The fraction of sp³-hybridized carbons (Fsp3) is 0.308. The number of aliphatic carboxylic acids is 1. The van der Waals surface area contributed by atoms with Crippen molar-refractivity contribution in [2.24, 2.45) is 0 Å². The van der Waals surface area contributed by atoms with Crippen LogP contribution in [0.15, 0.2) is 24.3 Å². The second-order valence-corrected chi connectivity index (χ2v) is 5.92. The third kappa shape index (κ3) is 2.36. The van der Waals surface area contributed by atoms with Crippen LogP contribution in [0.25, 0.3) is 10.6 Å². The second kappa shape index (κ2) is 5.38. The molecule has 0 radical (unpaired) electrons. The van der Waals surface area contributed by atoms with Crippen LogP contribution in [0.3, 0.4) is 0 Å². The normalized spacial score (nSPS) is 18.4. The summed E-state index contributed by atoms with van der Waals surface area (Å²) in [4.78, 5) is 13.0. The molecule has 2 aromatic rings. The van der Waals surface area contributed by atoms with Crippen LogP contribution < -0.4 is 4.90 Å². The highest BCUT2D eigenvalue weighted by Gasteiger charge is 2.32. The highest BCUT2D eigenvalue weighted by Crippen LogP contribution is 2.35. The lowest BCUT2D eigenvalue weighted by Gasteiger charge is -2.19. The van der Waals surface area contributed by atoms with Crippen LogP contribution in [0.4, 0.5) is 5.13 Å². The molecule has 7 heteroatoms. The number of carboxylic acids is 1. The van der Waals surface area contributed by atoms with Gasteiger partial charge in [0.05, 0.1) is 5.02 Å². The average Bonchev–Trinajstić information content (AvgIpc) is 3.07. The number of benzene rings is 1. The summed E-state index contributed by atoms with van der Waals surface area (Å²) in [5.41, 5.74) is 0.823. The first kappa shape index (κ1) is 13.3. The van der Waals surface area contributed by atoms with Crippen LogP contribution in [0.2, 0.25) is 5.02 Å². The maximum absolute atomic E-state index is 11.2. The Morgan fingerprint density at radius 1 is 1.40 bits per heavy atom. The molecule has 3 rings (SSSR count). The van der Waals surface area contributed by atoms with Gasteiger partial charge in [0.15, 0.2) is 5.01 Å². The van der Waals surface area contributed by atoms with Gasteiger partial charge >= 0.3 is 5.97 Å². The molecule has 0 aliphatic carbocycles. The van der Waals surface area contributed by atoms with Crippen LogP contribution in [0.1, 0.15) is 12.8 Å². The molecule has 0 spiro atoms. The molecule has 0 saturated carbocycles. The zero-order valence-electron chi connectivity index (χ0n) is 10.5. The first-order valence-electron chi connectivity index (χ1n) is 6.24. The minimum absolute atomic E-state index is 0.498. The Hall–Kier alpha value is -1.66. The lowest BCUT2D eigenvalue weighted by atomic mass is 10.2. The standard InChI is InChI=1S/C13H12ClN3O2S/c14-9-5-2-1-4-8(9)11-15-16-13(20-11)17-7-3-6-10(17)12(18)19/h1-2,4-5,10H,3,6-7H2,(H,18,19)/t10-/m0/s1. The minimum atomic E-state index is -0.808. The van der Waals surface area contributed by atoms with Crippen molar-refractivity contribution >= 4 is 34.0 Å². The Morgan fingerprint density at radius 2 is 2.20 bits per heavy atom. The highest BCUT2D eigenvalue weighted by atomic mass is 35.5. The summed E-state index contributed by atoms with van der Waals surface area (Å²) in [6.45, 7) is 0.703. The van der Waals surface area contributed by atoms with E-state index in [1.54, 1.807) is 11.0 Å². The average molecular weight is 310 g/mol. The Bertz CT molecular complexity index is 646. The van der Waals surface area contributed by atoms with Crippen molar-refractivity contribution in [3.05, 3.63) is 29.3 Å². The summed E-state index contributed by atoms with van der Waals surface area (Å²) in [6.07, 6.45) is 1.51. The van der Waals surface area contributed by atoms with E-state index in [9.17, 15) is 9.90 Å². The molecule has 1 atom stereocenters. The topological polar surface area (TPSA) is 66.3 Å². The molecule has 104 valence electrons. The lowest BCUT2D eigenvalue weighted by Crippen LogP contribution is -2.35. The summed E-state index contributed by atoms with van der Waals surface area (Å²) < 4.78 is 0. The molecule has 0 unspecified atom stereocenters. The summed E-state index contributed by atoms with van der Waals surface area (Å²) >= 11 is 7.51. The first-order valence-corrected chi connectivity index (χ1v) is 7.44. The van der Waals surface area contributed by atoms with E-state index in [1.807, 2.05) is 18.2 Å². The van der Waals surface area contributed by atoms with Gasteiger partial charge in [-0.2, -0.15) is 0 Å². The predicted molar refractivity (Wildman–Crippen MR) is 78.4 cm³/mol. The van der Waals surface area contributed by atoms with E-state index >= 15 is 0 Å². The van der Waals surface area contributed by atoms with Gasteiger partial charge in [0.2, 0.25) is 5.13 Å². The lowest BCUT2D eigenvalue weighted by molar-refractivity contribution is -0.138. The van der Waals surface area contributed by atoms with Crippen molar-refractivity contribution in [2.75, 3.05) is 11.4 Å². The van der Waals surface area contributed by atoms with Crippen molar-refractivity contribution in [3.8, 4) is 10.6 Å². The molecule has 1 N–H and O–H groups in total. The summed E-state index contributed by atoms with van der Waals surface area (Å²) in [6, 6.07) is 6.92. The van der Waals surface area contributed by atoms with E-state index in [0.717, 1.165) is 12.0 Å². The number of nitrogens with zero attached hydrogens (tertiary/aromatic N) is 3. The van der Waals surface area contributed by atoms with Gasteiger partial charge in [-0.05, 0) is 18.9 Å². The first-order chi connectivity index (χ1) is 9.66. The molecule has 1 aliphatic rings. The smallest absolute Gasteiger partial charge is 0.326 e. The van der Waals surface area contributed by atoms with Gasteiger partial charge in [0.25, 0.3) is 0 Å². The van der Waals surface area contributed by atoms with Gasteiger partial charge in [-0.25, -0.2) is 4.79 Å². The van der Waals surface area contributed by atoms with Crippen LogP contribution in [-0.4, -0.2) is 33.9 Å². The number of hydrogen-bond acceptors (Lipinski definition) is 5. The molecule has 1 aromatic carbocycles. The molecule has 1 aromatic heterocycles. The minimum Gasteiger partial charge on any atom is -0.480 e. The van der Waals surface area contributed by atoms with E-state index in [2.05, 4.69) is 10.2 Å². The van der Waals surface area contributed by atoms with Crippen molar-refractivity contribution in [1.82, 2.24) is 10.2 Å². The summed E-state index contributed by atoms with van der Waals surface area (Å²) in [5.74, 6) is -0.808. The summed E-state index contributed by atoms with van der Waals surface area (Å²) in [5, 5.41) is 19.4. The van der Waals surface area contributed by atoms with E-state index in [1.165, 1.54) is 11.3 Å². The molecule has 2 heterocycles. The van der Waals surface area contributed by atoms with Gasteiger partial charge in [0, 0.05) is 12.1 Å². The number of rotatable bonds is 3. The molecule has 1 aliphatic heterocycles.